The van der Waals surface area contributed by atoms with Gasteiger partial charge < -0.3 is 10.2 Å². The lowest BCUT2D eigenvalue weighted by atomic mass is 10.00. The highest BCUT2D eigenvalue weighted by Gasteiger charge is 2.23. The van der Waals surface area contributed by atoms with Gasteiger partial charge in [-0.05, 0) is 23.3 Å². The number of rotatable bonds is 4. The first-order valence-electron chi connectivity index (χ1n) is 7.27. The summed E-state index contributed by atoms with van der Waals surface area (Å²) in [4.78, 5) is 25.3. The molecule has 114 valence electrons. The van der Waals surface area contributed by atoms with E-state index in [4.69, 9.17) is 0 Å². The van der Waals surface area contributed by atoms with Crippen LogP contribution in [0.3, 0.4) is 0 Å². The Morgan fingerprint density at radius 3 is 2.82 bits per heavy atom. The van der Waals surface area contributed by atoms with Crippen molar-refractivity contribution in [2.45, 2.75) is 13.0 Å². The van der Waals surface area contributed by atoms with Gasteiger partial charge in [0.05, 0.1) is 17.7 Å². The van der Waals surface area contributed by atoms with E-state index < -0.39 is 0 Å². The first-order chi connectivity index (χ1) is 10.6. The summed E-state index contributed by atoms with van der Waals surface area (Å²) in [6.07, 6.45) is 0. The van der Waals surface area contributed by atoms with Gasteiger partial charge in [0.15, 0.2) is 0 Å². The number of amides is 2. The van der Waals surface area contributed by atoms with Crippen LogP contribution in [0, 0.1) is 0 Å². The summed E-state index contributed by atoms with van der Waals surface area (Å²) in [6.45, 7) is 2.11. The molecule has 1 aliphatic rings. The Bertz CT molecular complexity index is 711. The highest BCUT2D eigenvalue weighted by Crippen LogP contribution is 2.24. The summed E-state index contributed by atoms with van der Waals surface area (Å²) >= 11 is 1.55. The first kappa shape index (κ1) is 14.9. The van der Waals surface area contributed by atoms with Crippen LogP contribution >= 0.6 is 11.8 Å². The van der Waals surface area contributed by atoms with Gasteiger partial charge in [-0.1, -0.05) is 42.5 Å². The van der Waals surface area contributed by atoms with Gasteiger partial charge >= 0.3 is 0 Å². The molecule has 2 aromatic carbocycles. The fraction of sp³-hybridized carbons (Fsp3) is 0.294. The van der Waals surface area contributed by atoms with Crippen molar-refractivity contribution in [2.75, 3.05) is 18.2 Å². The summed E-state index contributed by atoms with van der Waals surface area (Å²) in [7, 11) is 0. The SMILES string of the molecule is CC(NC(=O)CN1CSCC1=O)c1cccc2ccccc12. The van der Waals surface area contributed by atoms with Gasteiger partial charge in [0, 0.05) is 0 Å². The quantitative estimate of drug-likeness (QED) is 0.943. The van der Waals surface area contributed by atoms with Gasteiger partial charge in [0.25, 0.3) is 0 Å². The number of nitrogens with zero attached hydrogens (tertiary/aromatic N) is 1. The summed E-state index contributed by atoms with van der Waals surface area (Å²) in [6, 6.07) is 14.1. The highest BCUT2D eigenvalue weighted by molar-refractivity contribution is 8.00. The number of carbonyl (C=O) groups is 2. The van der Waals surface area contributed by atoms with Gasteiger partial charge in [-0.2, -0.15) is 0 Å². The number of hydrogen-bond acceptors (Lipinski definition) is 3. The van der Waals surface area contributed by atoms with Crippen molar-refractivity contribution < 1.29 is 9.59 Å². The van der Waals surface area contributed by atoms with Crippen LogP contribution in [0.5, 0.6) is 0 Å². The molecule has 0 bridgehead atoms. The maximum absolute atomic E-state index is 12.2. The van der Waals surface area contributed by atoms with Gasteiger partial charge in [0.1, 0.15) is 6.54 Å². The molecule has 0 aliphatic carbocycles. The number of nitrogens with one attached hydrogen (secondary N) is 1. The van der Waals surface area contributed by atoms with E-state index in [0.717, 1.165) is 16.3 Å². The third kappa shape index (κ3) is 3.09. The van der Waals surface area contributed by atoms with Gasteiger partial charge in [-0.15, -0.1) is 11.8 Å². The standard InChI is InChI=1S/C17H18N2O2S/c1-12(18-16(20)9-19-11-22-10-17(19)21)14-8-4-6-13-5-2-3-7-15(13)14/h2-8,12H,9-11H2,1H3,(H,18,20). The lowest BCUT2D eigenvalue weighted by Gasteiger charge is -2.19. The number of benzene rings is 2. The number of thioether (sulfide) groups is 1. The summed E-state index contributed by atoms with van der Waals surface area (Å²) in [5.41, 5.74) is 1.09. The van der Waals surface area contributed by atoms with Crippen LogP contribution in [-0.2, 0) is 9.59 Å². The van der Waals surface area contributed by atoms with Crippen molar-refractivity contribution in [1.29, 1.82) is 0 Å². The van der Waals surface area contributed by atoms with Gasteiger partial charge in [-0.25, -0.2) is 0 Å². The Kier molecular flexibility index (Phi) is 4.34. The Labute approximate surface area is 133 Å². The van der Waals surface area contributed by atoms with Crippen molar-refractivity contribution >= 4 is 34.3 Å². The molecule has 1 aliphatic heterocycles. The molecule has 3 rings (SSSR count). The predicted octanol–water partition coefficient (Wildman–Crippen LogP) is 2.55. The second-order valence-corrected chi connectivity index (χ2v) is 6.38. The van der Waals surface area contributed by atoms with Crippen LogP contribution in [-0.4, -0.2) is 34.9 Å². The molecule has 1 fully saturated rings. The third-order valence-electron chi connectivity index (χ3n) is 3.83. The normalized spacial score (nSPS) is 16.0. The molecule has 1 N–H and O–H groups in total. The zero-order valence-corrected chi connectivity index (χ0v) is 13.2. The number of hydrogen-bond donors (Lipinski definition) is 1. The van der Waals surface area contributed by atoms with Gasteiger partial charge in [0.2, 0.25) is 11.8 Å². The second kappa shape index (κ2) is 6.40. The zero-order chi connectivity index (χ0) is 15.5. The molecule has 0 saturated carbocycles. The average molecular weight is 314 g/mol. The van der Waals surface area contributed by atoms with Crippen LogP contribution in [0.4, 0.5) is 0 Å². The van der Waals surface area contributed by atoms with Crippen molar-refractivity contribution in [1.82, 2.24) is 10.2 Å². The largest absolute Gasteiger partial charge is 0.348 e. The molecule has 2 aromatic rings. The van der Waals surface area contributed by atoms with E-state index in [1.807, 2.05) is 31.2 Å². The van der Waals surface area contributed by atoms with Crippen molar-refractivity contribution in [3.8, 4) is 0 Å². The first-order valence-corrected chi connectivity index (χ1v) is 8.43. The molecule has 2 amide bonds. The van der Waals surface area contributed by atoms with Crippen molar-refractivity contribution in [2.24, 2.45) is 0 Å². The predicted molar refractivity (Wildman–Crippen MR) is 89.5 cm³/mol. The van der Waals surface area contributed by atoms with E-state index in [-0.39, 0.29) is 24.4 Å². The van der Waals surface area contributed by atoms with Crippen molar-refractivity contribution in [3.05, 3.63) is 48.0 Å². The smallest absolute Gasteiger partial charge is 0.240 e. The third-order valence-corrected chi connectivity index (χ3v) is 4.77. The van der Waals surface area contributed by atoms with Crippen LogP contribution in [0.2, 0.25) is 0 Å². The Morgan fingerprint density at radius 2 is 2.05 bits per heavy atom. The molecule has 22 heavy (non-hydrogen) atoms. The van der Waals surface area contributed by atoms with Crippen LogP contribution in [0.1, 0.15) is 18.5 Å². The zero-order valence-electron chi connectivity index (χ0n) is 12.4. The van der Waals surface area contributed by atoms with Crippen LogP contribution in [0.15, 0.2) is 42.5 Å². The molecule has 0 radical (unpaired) electrons. The molecular formula is C17H18N2O2S. The molecule has 1 unspecified atom stereocenters. The van der Waals surface area contributed by atoms with Crippen LogP contribution in [0.25, 0.3) is 10.8 Å². The minimum absolute atomic E-state index is 0.0398. The molecule has 4 nitrogen and oxygen atoms in total. The minimum Gasteiger partial charge on any atom is -0.348 e. The van der Waals surface area contributed by atoms with E-state index in [0.29, 0.717) is 11.6 Å². The van der Waals surface area contributed by atoms with E-state index in [1.54, 1.807) is 16.7 Å². The fourth-order valence-corrected chi connectivity index (χ4v) is 3.61. The minimum atomic E-state index is -0.115. The van der Waals surface area contributed by atoms with E-state index in [9.17, 15) is 9.59 Å². The molecule has 0 aromatic heterocycles. The Hall–Kier alpha value is -2.01. The van der Waals surface area contributed by atoms with Gasteiger partial charge in [-0.3, -0.25) is 9.59 Å². The molecule has 1 saturated heterocycles. The summed E-state index contributed by atoms with van der Waals surface area (Å²) in [5.74, 6) is 1.01. The number of carbonyl (C=O) groups excluding carboxylic acids is 2. The maximum atomic E-state index is 12.2. The highest BCUT2D eigenvalue weighted by atomic mass is 32.2. The monoisotopic (exact) mass is 314 g/mol. The van der Waals surface area contributed by atoms with Crippen molar-refractivity contribution in [3.63, 3.8) is 0 Å². The Morgan fingerprint density at radius 1 is 1.27 bits per heavy atom. The molecule has 0 spiro atoms. The molecule has 1 heterocycles. The van der Waals surface area contributed by atoms with E-state index in [2.05, 4.69) is 23.5 Å². The lowest BCUT2D eigenvalue weighted by Crippen LogP contribution is -2.39. The topological polar surface area (TPSA) is 49.4 Å². The maximum Gasteiger partial charge on any atom is 0.240 e. The summed E-state index contributed by atoms with van der Waals surface area (Å²) in [5, 5.41) is 5.30. The average Bonchev–Trinajstić information content (AvgIpc) is 2.91. The van der Waals surface area contributed by atoms with E-state index in [1.165, 1.54) is 0 Å². The number of fused-ring (bicyclic) bond motifs is 1. The fourth-order valence-electron chi connectivity index (χ4n) is 2.71. The van der Waals surface area contributed by atoms with E-state index >= 15 is 0 Å². The Balaban J connectivity index is 1.71. The molecule has 5 heteroatoms. The summed E-state index contributed by atoms with van der Waals surface area (Å²) < 4.78 is 0. The van der Waals surface area contributed by atoms with Crippen LogP contribution < -0.4 is 5.32 Å². The molecule has 1 atom stereocenters. The lowest BCUT2D eigenvalue weighted by molar-refractivity contribution is -0.132. The second-order valence-electron chi connectivity index (χ2n) is 5.43. The molecular weight excluding hydrogens is 296 g/mol.